The summed E-state index contributed by atoms with van der Waals surface area (Å²) in [6, 6.07) is 164. The minimum absolute atomic E-state index is 0.918. The Morgan fingerprint density at radius 3 is 0.674 bits per heavy atom. The second-order valence-electron chi connectivity index (χ2n) is 37.0. The molecule has 0 radical (unpaired) electrons. The standard InChI is InChI=1S/3C45H27NO/c1-2-12-42-38(9-1)41-11-4-10-37(45(41)47-42)33-7-3-6-32(26-33)36-22-18-31-19-23-39-35(21-17-30-20-24-40(36)44(31)43(30)39)29-15-13-28(14-16-29)34-8-5-25-46-27-34;1-2-13-42-38(10-1)41-12-5-11-37(45(41)47-42)34-9-4-8-33(27-34)36-19-15-30-16-20-39-35(18-14-29-17-21-40(36)44(30)43(29)39)32-7-3-6-31(26-32)28-22-24-46-25-23-28;1-2-9-42-38(6-1)41-8-3-7-37(45(41)47-42)31-16-14-30(15-17-31)36-23-19-33-20-24-39-35(22-18-32-21-25-40(36)44(33)43(32)39)29-12-10-28(11-13-29)34-5-4-26-46-27-34/h3*1-27H. The molecule has 30 rings (SSSR count). The molecule has 0 amide bonds. The van der Waals surface area contributed by atoms with Crippen molar-refractivity contribution < 1.29 is 13.3 Å². The van der Waals surface area contributed by atoms with Gasteiger partial charge in [0.25, 0.3) is 0 Å². The number of hydrogen-bond acceptors (Lipinski definition) is 6. The summed E-state index contributed by atoms with van der Waals surface area (Å²) in [7, 11) is 0. The topological polar surface area (TPSA) is 78.1 Å². The van der Waals surface area contributed by atoms with E-state index < -0.39 is 0 Å². The number of para-hydroxylation sites is 6. The molecule has 0 atom stereocenters. The van der Waals surface area contributed by atoms with Crippen LogP contribution in [-0.2, 0) is 0 Å². The third-order valence-corrected chi connectivity index (χ3v) is 29.3. The molecule has 654 valence electrons. The summed E-state index contributed by atoms with van der Waals surface area (Å²) in [5, 5.41) is 30.0. The lowest BCUT2D eigenvalue weighted by Gasteiger charge is -2.17. The van der Waals surface area contributed by atoms with E-state index in [1.807, 2.05) is 85.7 Å². The van der Waals surface area contributed by atoms with Gasteiger partial charge in [-0.05, 0) is 274 Å². The first-order valence-electron chi connectivity index (χ1n) is 48.1. The minimum Gasteiger partial charge on any atom is -0.455 e. The van der Waals surface area contributed by atoms with Crippen molar-refractivity contribution in [1.29, 1.82) is 0 Å². The van der Waals surface area contributed by atoms with Crippen LogP contribution >= 0.6 is 0 Å². The maximum absolute atomic E-state index is 6.41. The summed E-state index contributed by atoms with van der Waals surface area (Å²) in [6.45, 7) is 0. The minimum atomic E-state index is 0.918. The molecule has 0 aliphatic carbocycles. The van der Waals surface area contributed by atoms with Gasteiger partial charge in [0.1, 0.15) is 33.5 Å². The van der Waals surface area contributed by atoms with Gasteiger partial charge in [-0.3, -0.25) is 15.0 Å². The first kappa shape index (κ1) is 80.7. The lowest BCUT2D eigenvalue weighted by Crippen LogP contribution is -1.90. The van der Waals surface area contributed by atoms with Gasteiger partial charge in [-0.25, -0.2) is 0 Å². The van der Waals surface area contributed by atoms with E-state index in [9.17, 15) is 0 Å². The van der Waals surface area contributed by atoms with Crippen LogP contribution in [-0.4, -0.2) is 15.0 Å². The molecule has 0 unspecified atom stereocenters. The van der Waals surface area contributed by atoms with Crippen molar-refractivity contribution in [3.8, 4) is 134 Å². The van der Waals surface area contributed by atoms with Crippen molar-refractivity contribution in [2.45, 2.75) is 0 Å². The molecule has 6 aromatic heterocycles. The summed E-state index contributed by atoms with van der Waals surface area (Å²) in [6.07, 6.45) is 11.2. The Hall–Kier alpha value is -18.8. The molecule has 0 aliphatic rings. The zero-order valence-corrected chi connectivity index (χ0v) is 76.3. The van der Waals surface area contributed by atoms with E-state index in [2.05, 4.69) is 421 Å². The van der Waals surface area contributed by atoms with Gasteiger partial charge >= 0.3 is 0 Å². The molecule has 6 heteroatoms. The quantitative estimate of drug-likeness (QED) is 0.113. The molecule has 0 saturated carbocycles. The summed E-state index contributed by atoms with van der Waals surface area (Å²) in [5.74, 6) is 0. The van der Waals surface area contributed by atoms with Crippen LogP contribution in [0.15, 0.2) is 505 Å². The SMILES string of the molecule is c1cc(-c2ccncc2)cc(-c2ccc3ccc4c(-c5cccc(-c6cccc7c6oc6ccccc67)c5)ccc5ccc2c3c54)c1.c1cncc(-c2ccc(-c3ccc4ccc5c(-c6ccc(-c7cccc8c7oc7ccccc78)cc6)ccc6ccc3c4c65)cc2)c1.c1cncc(-c2ccc(-c3ccc4ccc5c(-c6cccc(-c7cccc8c7oc7ccccc78)c6)ccc6ccc3c4c65)cc2)c1. The number of nitrogens with zero attached hydrogens (tertiary/aromatic N) is 3. The second kappa shape index (κ2) is 33.1. The number of hydrogen-bond donors (Lipinski definition) is 0. The van der Waals surface area contributed by atoms with Crippen molar-refractivity contribution in [3.05, 3.63) is 492 Å². The van der Waals surface area contributed by atoms with Gasteiger partial charge < -0.3 is 13.3 Å². The predicted octanol–water partition coefficient (Wildman–Crippen LogP) is 37.6. The monoisotopic (exact) mass is 1790 g/mol. The summed E-state index contributed by atoms with van der Waals surface area (Å²) >= 11 is 0. The Balaban J connectivity index is 0.000000104. The summed E-state index contributed by atoms with van der Waals surface area (Å²) < 4.78 is 19.2. The van der Waals surface area contributed by atoms with Crippen molar-refractivity contribution in [3.63, 3.8) is 0 Å². The van der Waals surface area contributed by atoms with Gasteiger partial charge in [-0.2, -0.15) is 0 Å². The van der Waals surface area contributed by atoms with Gasteiger partial charge in [-0.1, -0.05) is 394 Å². The molecule has 30 aromatic rings. The Kier molecular flexibility index (Phi) is 18.9. The Morgan fingerprint density at radius 2 is 0.362 bits per heavy atom. The maximum Gasteiger partial charge on any atom is 0.143 e. The first-order valence-corrected chi connectivity index (χ1v) is 48.1. The van der Waals surface area contributed by atoms with Crippen LogP contribution in [0.3, 0.4) is 0 Å². The highest BCUT2D eigenvalue weighted by molar-refractivity contribution is 6.31. The fraction of sp³-hybridized carbons (Fsp3) is 0. The van der Waals surface area contributed by atoms with Gasteiger partial charge in [0, 0.05) is 86.2 Å². The highest BCUT2D eigenvalue weighted by Crippen LogP contribution is 2.50. The van der Waals surface area contributed by atoms with E-state index in [1.54, 1.807) is 0 Å². The molecule has 0 aliphatic heterocycles. The molecular weight excluding hydrogens is 1710 g/mol. The van der Waals surface area contributed by atoms with Crippen LogP contribution < -0.4 is 0 Å². The van der Waals surface area contributed by atoms with Crippen LogP contribution in [0.25, 0.3) is 296 Å². The largest absolute Gasteiger partial charge is 0.455 e. The van der Waals surface area contributed by atoms with Gasteiger partial charge in [-0.15, -0.1) is 0 Å². The van der Waals surface area contributed by atoms with Crippen LogP contribution in [0.1, 0.15) is 0 Å². The lowest BCUT2D eigenvalue weighted by atomic mass is 9.86. The number of aromatic nitrogens is 3. The number of fused-ring (bicyclic) bond motifs is 9. The van der Waals surface area contributed by atoms with E-state index in [0.717, 1.165) is 110 Å². The summed E-state index contributed by atoms with van der Waals surface area (Å²) in [5.41, 5.74) is 34.0. The van der Waals surface area contributed by atoms with E-state index >= 15 is 0 Å². The van der Waals surface area contributed by atoms with Crippen LogP contribution in [0, 0.1) is 0 Å². The molecule has 6 heterocycles. The highest BCUT2D eigenvalue weighted by atomic mass is 16.3. The number of pyridine rings is 3. The van der Waals surface area contributed by atoms with Gasteiger partial charge in [0.05, 0.1) is 0 Å². The number of furan rings is 3. The molecule has 0 spiro atoms. The number of benzene rings is 24. The lowest BCUT2D eigenvalue weighted by molar-refractivity contribution is 0.669. The normalized spacial score (nSPS) is 11.8. The molecule has 141 heavy (non-hydrogen) atoms. The van der Waals surface area contributed by atoms with E-state index in [4.69, 9.17) is 13.3 Å². The van der Waals surface area contributed by atoms with Crippen molar-refractivity contribution in [2.24, 2.45) is 0 Å². The predicted molar refractivity (Wildman–Crippen MR) is 591 cm³/mol. The fourth-order valence-corrected chi connectivity index (χ4v) is 22.5. The van der Waals surface area contributed by atoms with Crippen molar-refractivity contribution >= 4 is 163 Å². The smallest absolute Gasteiger partial charge is 0.143 e. The maximum atomic E-state index is 6.41. The Labute approximate surface area is 810 Å². The van der Waals surface area contributed by atoms with Gasteiger partial charge in [0.2, 0.25) is 0 Å². The molecule has 0 N–H and O–H groups in total. The fourth-order valence-electron chi connectivity index (χ4n) is 22.5. The Morgan fingerprint density at radius 1 is 0.128 bits per heavy atom. The number of rotatable bonds is 12. The zero-order chi connectivity index (χ0) is 92.7. The first-order chi connectivity index (χ1) is 69.9. The molecule has 0 fully saturated rings. The van der Waals surface area contributed by atoms with Crippen LogP contribution in [0.4, 0.5) is 0 Å². The average Bonchev–Trinajstić information content (AvgIpc) is 1.50. The highest BCUT2D eigenvalue weighted by Gasteiger charge is 2.24. The van der Waals surface area contributed by atoms with Crippen molar-refractivity contribution in [1.82, 2.24) is 15.0 Å². The molecule has 6 nitrogen and oxygen atoms in total. The molecule has 0 bridgehead atoms. The average molecular weight is 1790 g/mol. The molecule has 24 aromatic carbocycles. The van der Waals surface area contributed by atoms with Crippen LogP contribution in [0.5, 0.6) is 0 Å². The third-order valence-electron chi connectivity index (χ3n) is 29.3. The molecular formula is C135H81N3O3. The van der Waals surface area contributed by atoms with E-state index in [1.165, 1.54) is 186 Å². The van der Waals surface area contributed by atoms with E-state index in [0.29, 0.717) is 0 Å². The van der Waals surface area contributed by atoms with Crippen LogP contribution in [0.2, 0.25) is 0 Å². The third kappa shape index (κ3) is 13.6. The molecule has 0 saturated heterocycles. The zero-order valence-electron chi connectivity index (χ0n) is 76.3. The second-order valence-corrected chi connectivity index (χ2v) is 37.0. The van der Waals surface area contributed by atoms with Crippen molar-refractivity contribution in [2.75, 3.05) is 0 Å². The van der Waals surface area contributed by atoms with Gasteiger partial charge in [0.15, 0.2) is 0 Å². The van der Waals surface area contributed by atoms with E-state index in [-0.39, 0.29) is 0 Å². The Bertz CT molecular complexity index is 10200. The summed E-state index contributed by atoms with van der Waals surface area (Å²) in [4.78, 5) is 12.8.